The van der Waals surface area contributed by atoms with E-state index in [4.69, 9.17) is 0 Å². The Morgan fingerprint density at radius 2 is 2.21 bits per heavy atom. The minimum atomic E-state index is -0.491. The highest BCUT2D eigenvalue weighted by molar-refractivity contribution is 7.13. The number of hydrogen-bond acceptors (Lipinski definition) is 5. The Hall–Kier alpha value is -1.24. The van der Waals surface area contributed by atoms with Crippen LogP contribution in [0, 0.1) is 6.92 Å². The SMILES string of the molecule is Cc1ccsc1[C@@H]1CCN(C(=O)c2nc3c(s2)CCCC3)C[C@H]1O. The van der Waals surface area contributed by atoms with Crippen LogP contribution in [-0.2, 0) is 12.8 Å². The molecule has 4 rings (SSSR count). The number of amides is 1. The van der Waals surface area contributed by atoms with Crippen molar-refractivity contribution in [2.45, 2.75) is 51.0 Å². The average molecular weight is 363 g/mol. The molecular weight excluding hydrogens is 340 g/mol. The fraction of sp³-hybridized carbons (Fsp3) is 0.556. The predicted molar refractivity (Wildman–Crippen MR) is 97.1 cm³/mol. The lowest BCUT2D eigenvalue weighted by atomic mass is 9.90. The third-order valence-corrected chi connectivity index (χ3v) is 7.43. The van der Waals surface area contributed by atoms with Gasteiger partial charge in [0.15, 0.2) is 5.01 Å². The Labute approximate surface area is 150 Å². The number of aryl methyl sites for hydroxylation is 3. The number of β-amino-alcohol motifs (C(OH)–C–C–N with tert-alkyl or cyclic N) is 1. The Balaban J connectivity index is 1.47. The molecule has 2 aliphatic rings. The van der Waals surface area contributed by atoms with E-state index >= 15 is 0 Å². The van der Waals surface area contributed by atoms with Crippen LogP contribution in [0.1, 0.15) is 56.0 Å². The fourth-order valence-corrected chi connectivity index (χ4v) is 6.00. The number of thiophene rings is 1. The number of fused-ring (bicyclic) bond motifs is 1. The Morgan fingerprint density at radius 1 is 1.38 bits per heavy atom. The molecule has 1 aliphatic heterocycles. The molecule has 0 spiro atoms. The van der Waals surface area contributed by atoms with Crippen LogP contribution in [0.5, 0.6) is 0 Å². The Bertz CT molecular complexity index is 729. The van der Waals surface area contributed by atoms with E-state index in [2.05, 4.69) is 23.4 Å². The number of hydrogen-bond donors (Lipinski definition) is 1. The van der Waals surface area contributed by atoms with Crippen LogP contribution >= 0.6 is 22.7 Å². The van der Waals surface area contributed by atoms with Crippen molar-refractivity contribution in [2.24, 2.45) is 0 Å². The zero-order valence-electron chi connectivity index (χ0n) is 13.8. The summed E-state index contributed by atoms with van der Waals surface area (Å²) in [6.45, 7) is 3.20. The molecule has 0 unspecified atom stereocenters. The van der Waals surface area contributed by atoms with Crippen molar-refractivity contribution in [3.05, 3.63) is 37.5 Å². The van der Waals surface area contributed by atoms with Gasteiger partial charge in [-0.3, -0.25) is 4.79 Å². The first-order valence-electron chi connectivity index (χ1n) is 8.63. The van der Waals surface area contributed by atoms with Gasteiger partial charge < -0.3 is 10.0 Å². The average Bonchev–Trinajstić information content (AvgIpc) is 3.20. The molecule has 2 aromatic rings. The van der Waals surface area contributed by atoms with Crippen molar-refractivity contribution >= 4 is 28.6 Å². The van der Waals surface area contributed by atoms with E-state index in [1.54, 1.807) is 27.6 Å². The van der Waals surface area contributed by atoms with Crippen molar-refractivity contribution in [3.8, 4) is 0 Å². The van der Waals surface area contributed by atoms with E-state index in [-0.39, 0.29) is 11.8 Å². The van der Waals surface area contributed by atoms with Crippen LogP contribution in [-0.4, -0.2) is 40.1 Å². The van der Waals surface area contributed by atoms with Crippen LogP contribution in [0.15, 0.2) is 11.4 Å². The lowest BCUT2D eigenvalue weighted by Crippen LogP contribution is -2.45. The van der Waals surface area contributed by atoms with E-state index in [0.29, 0.717) is 18.1 Å². The van der Waals surface area contributed by atoms with Crippen molar-refractivity contribution in [1.82, 2.24) is 9.88 Å². The number of aliphatic hydroxyl groups excluding tert-OH is 1. The number of piperidine rings is 1. The minimum Gasteiger partial charge on any atom is -0.391 e. The molecular formula is C18H22N2O2S2. The lowest BCUT2D eigenvalue weighted by Gasteiger charge is -2.35. The molecule has 6 heteroatoms. The molecule has 2 aromatic heterocycles. The fourth-order valence-electron chi connectivity index (χ4n) is 3.76. The second-order valence-corrected chi connectivity index (χ2v) is 8.81. The summed E-state index contributed by atoms with van der Waals surface area (Å²) in [6.07, 6.45) is 4.76. The van der Waals surface area contributed by atoms with Gasteiger partial charge in [-0.2, -0.15) is 0 Å². The molecule has 1 amide bonds. The summed E-state index contributed by atoms with van der Waals surface area (Å²) < 4.78 is 0. The zero-order chi connectivity index (χ0) is 16.7. The van der Waals surface area contributed by atoms with Crippen LogP contribution < -0.4 is 0 Å². The van der Waals surface area contributed by atoms with Gasteiger partial charge in [-0.1, -0.05) is 0 Å². The smallest absolute Gasteiger partial charge is 0.282 e. The van der Waals surface area contributed by atoms with Crippen LogP contribution in [0.2, 0.25) is 0 Å². The molecule has 1 fully saturated rings. The summed E-state index contributed by atoms with van der Waals surface area (Å²) in [5.41, 5.74) is 2.37. The monoisotopic (exact) mass is 362 g/mol. The first-order chi connectivity index (χ1) is 11.6. The summed E-state index contributed by atoms with van der Waals surface area (Å²) in [5.74, 6) is 0.147. The highest BCUT2D eigenvalue weighted by atomic mass is 32.1. The predicted octanol–water partition coefficient (Wildman–Crippen LogP) is 3.38. The van der Waals surface area contributed by atoms with Gasteiger partial charge in [0.05, 0.1) is 11.8 Å². The number of carbonyl (C=O) groups excluding carboxylic acids is 1. The number of thiazole rings is 1. The molecule has 2 atom stereocenters. The van der Waals surface area contributed by atoms with Crippen molar-refractivity contribution in [3.63, 3.8) is 0 Å². The quantitative estimate of drug-likeness (QED) is 0.891. The lowest BCUT2D eigenvalue weighted by molar-refractivity contribution is 0.0386. The van der Waals surface area contributed by atoms with Gasteiger partial charge in [-0.05, 0) is 56.0 Å². The van der Waals surface area contributed by atoms with Crippen molar-refractivity contribution in [1.29, 1.82) is 0 Å². The first kappa shape index (κ1) is 16.2. The standard InChI is InChI=1S/C18H22N2O2S2/c1-11-7-9-23-16(11)12-6-8-20(10-14(12)21)18(22)17-19-13-4-2-3-5-15(13)24-17/h7,9,12,14,21H,2-6,8,10H2,1H3/t12-,14-/m1/s1. The third kappa shape index (κ3) is 2.91. The maximum absolute atomic E-state index is 12.8. The molecule has 4 nitrogen and oxygen atoms in total. The Kier molecular flexibility index (Phi) is 4.45. The molecule has 0 bridgehead atoms. The molecule has 3 heterocycles. The van der Waals surface area contributed by atoms with Crippen LogP contribution in [0.3, 0.4) is 0 Å². The number of carbonyl (C=O) groups is 1. The van der Waals surface area contributed by atoms with E-state index in [1.165, 1.54) is 28.2 Å². The van der Waals surface area contributed by atoms with Crippen LogP contribution in [0.25, 0.3) is 0 Å². The highest BCUT2D eigenvalue weighted by Crippen LogP contribution is 2.35. The maximum atomic E-state index is 12.8. The van der Waals surface area contributed by atoms with Gasteiger partial charge in [0.2, 0.25) is 0 Å². The summed E-state index contributed by atoms with van der Waals surface area (Å²) in [5, 5.41) is 13.3. The maximum Gasteiger partial charge on any atom is 0.282 e. The summed E-state index contributed by atoms with van der Waals surface area (Å²) in [7, 11) is 0. The molecule has 1 aliphatic carbocycles. The molecule has 0 saturated carbocycles. The first-order valence-corrected chi connectivity index (χ1v) is 10.3. The van der Waals surface area contributed by atoms with Crippen molar-refractivity contribution < 1.29 is 9.90 Å². The zero-order valence-corrected chi connectivity index (χ0v) is 15.5. The number of nitrogens with zero attached hydrogens (tertiary/aromatic N) is 2. The van der Waals surface area contributed by atoms with Gasteiger partial charge in [-0.15, -0.1) is 22.7 Å². The van der Waals surface area contributed by atoms with E-state index in [9.17, 15) is 9.90 Å². The number of likely N-dealkylation sites (tertiary alicyclic amines) is 1. The third-order valence-electron chi connectivity index (χ3n) is 5.14. The molecule has 24 heavy (non-hydrogen) atoms. The molecule has 0 aromatic carbocycles. The van der Waals surface area contributed by atoms with E-state index < -0.39 is 6.10 Å². The molecule has 1 saturated heterocycles. The number of rotatable bonds is 2. The highest BCUT2D eigenvalue weighted by Gasteiger charge is 2.34. The van der Waals surface area contributed by atoms with Gasteiger partial charge in [-0.25, -0.2) is 4.98 Å². The van der Waals surface area contributed by atoms with Gasteiger partial charge in [0, 0.05) is 28.8 Å². The van der Waals surface area contributed by atoms with E-state index in [1.807, 2.05) is 0 Å². The van der Waals surface area contributed by atoms with E-state index in [0.717, 1.165) is 25.0 Å². The molecule has 128 valence electrons. The second kappa shape index (κ2) is 6.58. The number of aliphatic hydroxyl groups is 1. The summed E-state index contributed by atoms with van der Waals surface area (Å²) in [6, 6.07) is 2.10. The largest absolute Gasteiger partial charge is 0.391 e. The van der Waals surface area contributed by atoms with Gasteiger partial charge in [0.1, 0.15) is 0 Å². The van der Waals surface area contributed by atoms with Crippen LogP contribution in [0.4, 0.5) is 0 Å². The van der Waals surface area contributed by atoms with Gasteiger partial charge in [0.25, 0.3) is 5.91 Å². The second-order valence-electron chi connectivity index (χ2n) is 6.78. The summed E-state index contributed by atoms with van der Waals surface area (Å²) in [4.78, 5) is 21.7. The van der Waals surface area contributed by atoms with Crippen molar-refractivity contribution in [2.75, 3.05) is 13.1 Å². The Morgan fingerprint density at radius 3 is 2.92 bits per heavy atom. The normalized spacial score (nSPS) is 24.0. The summed E-state index contributed by atoms with van der Waals surface area (Å²) >= 11 is 3.27. The molecule has 0 radical (unpaired) electrons. The minimum absolute atomic E-state index is 0.00481. The van der Waals surface area contributed by atoms with Gasteiger partial charge >= 0.3 is 0 Å². The molecule has 1 N–H and O–H groups in total. The number of aromatic nitrogens is 1. The topological polar surface area (TPSA) is 53.4 Å².